The van der Waals surface area contributed by atoms with E-state index < -0.39 is 0 Å². The quantitative estimate of drug-likeness (QED) is 0.704. The van der Waals surface area contributed by atoms with Crippen molar-refractivity contribution in [2.24, 2.45) is 0 Å². The minimum Gasteiger partial charge on any atom is -0.468 e. The summed E-state index contributed by atoms with van der Waals surface area (Å²) in [7, 11) is 2.64. The highest BCUT2D eigenvalue weighted by Crippen LogP contribution is 2.01. The molecule has 5 nitrogen and oxygen atoms in total. The highest BCUT2D eigenvalue weighted by atomic mass is 16.5. The highest BCUT2D eigenvalue weighted by Gasteiger charge is 2.13. The van der Waals surface area contributed by atoms with Crippen molar-refractivity contribution in [1.29, 1.82) is 0 Å². The van der Waals surface area contributed by atoms with Crippen molar-refractivity contribution < 1.29 is 19.1 Å². The third kappa shape index (κ3) is 6.15. The molecule has 0 fully saturated rings. The molecule has 108 valence electrons. The van der Waals surface area contributed by atoms with Crippen molar-refractivity contribution in [1.82, 2.24) is 4.90 Å². The Bertz CT molecular complexity index is 438. The van der Waals surface area contributed by atoms with Crippen LogP contribution in [0.2, 0.25) is 0 Å². The van der Waals surface area contributed by atoms with Gasteiger partial charge < -0.3 is 9.47 Å². The van der Waals surface area contributed by atoms with Crippen molar-refractivity contribution >= 4 is 18.0 Å². The number of ether oxygens (including phenoxy) is 2. The van der Waals surface area contributed by atoms with E-state index in [1.807, 2.05) is 42.5 Å². The van der Waals surface area contributed by atoms with E-state index in [-0.39, 0.29) is 25.0 Å². The van der Waals surface area contributed by atoms with Gasteiger partial charge in [0, 0.05) is 6.54 Å². The maximum Gasteiger partial charge on any atom is 0.319 e. The molecule has 0 aliphatic carbocycles. The summed E-state index contributed by atoms with van der Waals surface area (Å²) in [5.74, 6) is -0.774. The average molecular weight is 277 g/mol. The Labute approximate surface area is 118 Å². The zero-order chi connectivity index (χ0) is 14.8. The Morgan fingerprint density at radius 2 is 1.60 bits per heavy atom. The van der Waals surface area contributed by atoms with Crippen molar-refractivity contribution in [3.8, 4) is 0 Å². The van der Waals surface area contributed by atoms with Crippen LogP contribution in [-0.4, -0.2) is 50.7 Å². The summed E-state index contributed by atoms with van der Waals surface area (Å²) >= 11 is 0. The Morgan fingerprint density at radius 1 is 1.05 bits per heavy atom. The van der Waals surface area contributed by atoms with E-state index in [1.54, 1.807) is 4.90 Å². The van der Waals surface area contributed by atoms with Crippen LogP contribution in [-0.2, 0) is 19.1 Å². The van der Waals surface area contributed by atoms with Gasteiger partial charge in [-0.2, -0.15) is 0 Å². The molecule has 0 aliphatic heterocycles. The normalized spacial score (nSPS) is 10.8. The summed E-state index contributed by atoms with van der Waals surface area (Å²) in [6.07, 6.45) is 3.82. The van der Waals surface area contributed by atoms with E-state index in [4.69, 9.17) is 0 Å². The van der Waals surface area contributed by atoms with Gasteiger partial charge >= 0.3 is 11.9 Å². The standard InChI is InChI=1S/C15H19NO4/c1-19-14(17)11-16(12-15(18)20-2)10-6-9-13-7-4-3-5-8-13/h3-9H,10-12H2,1-2H3. The van der Waals surface area contributed by atoms with Crippen LogP contribution in [0.1, 0.15) is 5.56 Å². The van der Waals surface area contributed by atoms with E-state index in [9.17, 15) is 9.59 Å². The van der Waals surface area contributed by atoms with Gasteiger partial charge in [0.1, 0.15) is 0 Å². The van der Waals surface area contributed by atoms with Crippen LogP contribution in [0.5, 0.6) is 0 Å². The smallest absolute Gasteiger partial charge is 0.319 e. The number of esters is 2. The summed E-state index contributed by atoms with van der Waals surface area (Å²) in [5.41, 5.74) is 1.06. The third-order valence-corrected chi connectivity index (χ3v) is 2.63. The van der Waals surface area contributed by atoms with Crippen molar-refractivity contribution in [2.75, 3.05) is 33.9 Å². The molecule has 0 N–H and O–H groups in total. The van der Waals surface area contributed by atoms with Gasteiger partial charge in [0.15, 0.2) is 0 Å². The predicted octanol–water partition coefficient (Wildman–Crippen LogP) is 1.35. The lowest BCUT2D eigenvalue weighted by molar-refractivity contribution is -0.145. The Balaban J connectivity index is 2.57. The maximum atomic E-state index is 11.3. The molecule has 1 aromatic rings. The van der Waals surface area contributed by atoms with Gasteiger partial charge in [-0.25, -0.2) is 0 Å². The van der Waals surface area contributed by atoms with Gasteiger partial charge in [-0.3, -0.25) is 14.5 Å². The molecule has 0 bridgehead atoms. The number of carbonyl (C=O) groups excluding carboxylic acids is 2. The molecule has 0 saturated carbocycles. The molecule has 5 heteroatoms. The topological polar surface area (TPSA) is 55.8 Å². The molecule has 20 heavy (non-hydrogen) atoms. The zero-order valence-corrected chi connectivity index (χ0v) is 11.7. The lowest BCUT2D eigenvalue weighted by atomic mass is 10.2. The lowest BCUT2D eigenvalue weighted by Crippen LogP contribution is -2.35. The number of rotatable bonds is 7. The average Bonchev–Trinajstić information content (AvgIpc) is 2.47. The number of benzene rings is 1. The Kier molecular flexibility index (Phi) is 7.06. The van der Waals surface area contributed by atoms with E-state index in [1.165, 1.54) is 14.2 Å². The molecular weight excluding hydrogens is 258 g/mol. The molecule has 0 saturated heterocycles. The molecule has 0 spiro atoms. The molecule has 0 amide bonds. The predicted molar refractivity (Wildman–Crippen MR) is 75.9 cm³/mol. The second-order valence-electron chi connectivity index (χ2n) is 4.13. The Morgan fingerprint density at radius 3 is 2.10 bits per heavy atom. The van der Waals surface area contributed by atoms with Crippen LogP contribution < -0.4 is 0 Å². The monoisotopic (exact) mass is 277 g/mol. The number of methoxy groups -OCH3 is 2. The van der Waals surface area contributed by atoms with Gasteiger partial charge in [-0.15, -0.1) is 0 Å². The molecule has 1 rings (SSSR count). The van der Waals surface area contributed by atoms with E-state index in [0.29, 0.717) is 6.54 Å². The molecule has 1 aromatic carbocycles. The maximum absolute atomic E-state index is 11.3. The fraction of sp³-hybridized carbons (Fsp3) is 0.333. The first-order chi connectivity index (χ1) is 9.65. The minimum absolute atomic E-state index is 0.0464. The van der Waals surface area contributed by atoms with Crippen LogP contribution in [0.3, 0.4) is 0 Å². The number of hydrogen-bond acceptors (Lipinski definition) is 5. The van der Waals surface area contributed by atoms with E-state index in [0.717, 1.165) is 5.56 Å². The van der Waals surface area contributed by atoms with Crippen LogP contribution >= 0.6 is 0 Å². The minimum atomic E-state index is -0.387. The largest absolute Gasteiger partial charge is 0.468 e. The van der Waals surface area contributed by atoms with Crippen LogP contribution in [0.4, 0.5) is 0 Å². The van der Waals surface area contributed by atoms with Crippen LogP contribution in [0.15, 0.2) is 36.4 Å². The summed E-state index contributed by atoms with van der Waals surface area (Å²) in [6.45, 7) is 0.550. The molecule has 0 atom stereocenters. The van der Waals surface area contributed by atoms with Gasteiger partial charge in [0.25, 0.3) is 0 Å². The first kappa shape index (κ1) is 15.9. The van der Waals surface area contributed by atoms with Crippen molar-refractivity contribution in [3.63, 3.8) is 0 Å². The Hall–Kier alpha value is -2.14. The first-order valence-electron chi connectivity index (χ1n) is 6.23. The molecule has 0 unspecified atom stereocenters. The zero-order valence-electron chi connectivity index (χ0n) is 11.7. The number of carbonyl (C=O) groups is 2. The van der Waals surface area contributed by atoms with Crippen LogP contribution in [0.25, 0.3) is 6.08 Å². The molecule has 0 aromatic heterocycles. The second-order valence-corrected chi connectivity index (χ2v) is 4.13. The third-order valence-electron chi connectivity index (χ3n) is 2.63. The van der Waals surface area contributed by atoms with Gasteiger partial charge in [-0.1, -0.05) is 42.5 Å². The summed E-state index contributed by atoms with van der Waals surface area (Å²) in [5, 5.41) is 0. The highest BCUT2D eigenvalue weighted by molar-refractivity contribution is 5.74. The van der Waals surface area contributed by atoms with Gasteiger partial charge in [0.2, 0.25) is 0 Å². The van der Waals surface area contributed by atoms with Crippen molar-refractivity contribution in [3.05, 3.63) is 42.0 Å². The number of nitrogens with zero attached hydrogens (tertiary/aromatic N) is 1. The number of hydrogen-bond donors (Lipinski definition) is 0. The molecule has 0 aliphatic rings. The van der Waals surface area contributed by atoms with E-state index in [2.05, 4.69) is 9.47 Å². The summed E-state index contributed by atoms with van der Waals surface area (Å²) in [6, 6.07) is 9.78. The van der Waals surface area contributed by atoms with Gasteiger partial charge in [-0.05, 0) is 5.56 Å². The molecule has 0 heterocycles. The van der Waals surface area contributed by atoms with E-state index >= 15 is 0 Å². The summed E-state index contributed by atoms with van der Waals surface area (Å²) < 4.78 is 9.21. The van der Waals surface area contributed by atoms with Crippen LogP contribution in [0, 0.1) is 0 Å². The fourth-order valence-corrected chi connectivity index (χ4v) is 1.58. The summed E-state index contributed by atoms with van der Waals surface area (Å²) in [4.78, 5) is 24.2. The second kappa shape index (κ2) is 8.87. The van der Waals surface area contributed by atoms with Gasteiger partial charge in [0.05, 0.1) is 27.3 Å². The fourth-order valence-electron chi connectivity index (χ4n) is 1.58. The first-order valence-corrected chi connectivity index (χ1v) is 6.23. The molecular formula is C15H19NO4. The SMILES string of the molecule is COC(=O)CN(CC=Cc1ccccc1)CC(=O)OC. The lowest BCUT2D eigenvalue weighted by Gasteiger charge is -2.17. The molecule has 0 radical (unpaired) electrons. The van der Waals surface area contributed by atoms with Crippen molar-refractivity contribution in [2.45, 2.75) is 0 Å².